The van der Waals surface area contributed by atoms with Gasteiger partial charge < -0.3 is 9.84 Å². The number of hydrogen-bond acceptors (Lipinski definition) is 2. The molecule has 2 aromatic carbocycles. The van der Waals surface area contributed by atoms with Crippen molar-refractivity contribution >= 4 is 15.9 Å². The minimum atomic E-state index is -0.504. The Hall–Kier alpha value is -1.39. The summed E-state index contributed by atoms with van der Waals surface area (Å²) in [5.74, 6) is 0.678. The molecule has 0 amide bonds. The van der Waals surface area contributed by atoms with E-state index in [2.05, 4.69) is 15.9 Å². The van der Waals surface area contributed by atoms with Crippen LogP contribution in [0.3, 0.4) is 0 Å². The van der Waals surface area contributed by atoms with E-state index >= 15 is 0 Å². The molecule has 110 valence electrons. The lowest BCUT2D eigenvalue weighted by molar-refractivity contribution is 0.0652. The van der Waals surface area contributed by atoms with E-state index in [4.69, 9.17) is 4.74 Å². The number of hydrogen-bond donors (Lipinski definition) is 1. The molecule has 1 aliphatic heterocycles. The van der Waals surface area contributed by atoms with Gasteiger partial charge in [-0.15, -0.1) is 0 Å². The molecule has 0 aliphatic carbocycles. The summed E-state index contributed by atoms with van der Waals surface area (Å²) in [6.07, 6.45) is 0.796. The summed E-state index contributed by atoms with van der Waals surface area (Å²) in [5, 5.41) is 10.4. The molecule has 4 heteroatoms. The van der Waals surface area contributed by atoms with E-state index in [1.54, 1.807) is 12.1 Å². The first-order chi connectivity index (χ1) is 10.1. The second-order valence-electron chi connectivity index (χ2n) is 5.40. The topological polar surface area (TPSA) is 29.5 Å². The van der Waals surface area contributed by atoms with Gasteiger partial charge in [0.25, 0.3) is 0 Å². The van der Waals surface area contributed by atoms with E-state index in [1.165, 1.54) is 6.07 Å². The highest BCUT2D eigenvalue weighted by Gasteiger charge is 2.26. The zero-order valence-corrected chi connectivity index (χ0v) is 13.0. The van der Waals surface area contributed by atoms with Crippen LogP contribution in [0.15, 0.2) is 46.9 Å². The summed E-state index contributed by atoms with van der Waals surface area (Å²) >= 11 is 3.17. The molecule has 0 saturated heterocycles. The first-order valence-corrected chi connectivity index (χ1v) is 7.75. The highest BCUT2D eigenvalue weighted by atomic mass is 79.9. The van der Waals surface area contributed by atoms with Gasteiger partial charge in [0.1, 0.15) is 11.6 Å². The monoisotopic (exact) mass is 350 g/mol. The van der Waals surface area contributed by atoms with Crippen molar-refractivity contribution in [2.75, 3.05) is 6.61 Å². The number of aliphatic hydroxyl groups excluding tert-OH is 1. The molecule has 2 nitrogen and oxygen atoms in total. The molecular weight excluding hydrogens is 335 g/mol. The standard InChI is InChI=1S/C17H16BrFO2/c18-14-7-11(5-6-15(14)19)8-16(20)13-9-12-3-1-2-4-17(12)21-10-13/h1-7,13,16,20H,8-10H2. The predicted molar refractivity (Wildman–Crippen MR) is 82.9 cm³/mol. The molecule has 0 saturated carbocycles. The van der Waals surface area contributed by atoms with E-state index in [-0.39, 0.29) is 11.7 Å². The largest absolute Gasteiger partial charge is 0.493 e. The fraction of sp³-hybridized carbons (Fsp3) is 0.294. The van der Waals surface area contributed by atoms with Gasteiger partial charge >= 0.3 is 0 Å². The van der Waals surface area contributed by atoms with Crippen molar-refractivity contribution in [2.24, 2.45) is 5.92 Å². The number of ether oxygens (including phenoxy) is 1. The molecule has 1 aliphatic rings. The lowest BCUT2D eigenvalue weighted by atomic mass is 9.89. The zero-order chi connectivity index (χ0) is 14.8. The molecule has 0 spiro atoms. The van der Waals surface area contributed by atoms with Gasteiger partial charge in [-0.2, -0.15) is 0 Å². The van der Waals surface area contributed by atoms with Crippen LogP contribution in [-0.2, 0) is 12.8 Å². The van der Waals surface area contributed by atoms with Crippen LogP contribution in [0, 0.1) is 11.7 Å². The molecule has 3 rings (SSSR count). The van der Waals surface area contributed by atoms with Crippen molar-refractivity contribution in [3.05, 3.63) is 63.9 Å². The highest BCUT2D eigenvalue weighted by Crippen LogP contribution is 2.29. The van der Waals surface area contributed by atoms with Crippen LogP contribution in [0.4, 0.5) is 4.39 Å². The normalized spacial score (nSPS) is 18.7. The SMILES string of the molecule is OC(Cc1ccc(F)c(Br)c1)C1COc2ccccc2C1. The third kappa shape index (κ3) is 3.27. The van der Waals surface area contributed by atoms with Crippen LogP contribution in [0.25, 0.3) is 0 Å². The Morgan fingerprint density at radius 1 is 1.29 bits per heavy atom. The van der Waals surface area contributed by atoms with Crippen LogP contribution in [-0.4, -0.2) is 17.8 Å². The minimum absolute atomic E-state index is 0.0590. The summed E-state index contributed by atoms with van der Waals surface area (Å²) in [5.41, 5.74) is 2.04. The number of para-hydroxylation sites is 1. The van der Waals surface area contributed by atoms with Crippen molar-refractivity contribution < 1.29 is 14.2 Å². The second kappa shape index (κ2) is 6.16. The van der Waals surface area contributed by atoms with Gasteiger partial charge in [-0.3, -0.25) is 0 Å². The predicted octanol–water partition coefficient (Wildman–Crippen LogP) is 3.74. The van der Waals surface area contributed by atoms with E-state index < -0.39 is 6.10 Å². The molecule has 0 fully saturated rings. The fourth-order valence-corrected chi connectivity index (χ4v) is 3.10. The number of rotatable bonds is 3. The number of aliphatic hydroxyl groups is 1. The van der Waals surface area contributed by atoms with Gasteiger partial charge in [0, 0.05) is 5.92 Å². The Kier molecular flexibility index (Phi) is 4.27. The molecule has 0 bridgehead atoms. The second-order valence-corrected chi connectivity index (χ2v) is 6.26. The van der Waals surface area contributed by atoms with Gasteiger partial charge in [0.2, 0.25) is 0 Å². The molecule has 2 aromatic rings. The minimum Gasteiger partial charge on any atom is -0.493 e. The first kappa shape index (κ1) is 14.5. The van der Waals surface area contributed by atoms with E-state index in [1.807, 2.05) is 24.3 Å². The molecule has 1 heterocycles. The lowest BCUT2D eigenvalue weighted by Crippen LogP contribution is -2.33. The van der Waals surface area contributed by atoms with E-state index in [0.29, 0.717) is 17.5 Å². The lowest BCUT2D eigenvalue weighted by Gasteiger charge is -2.29. The maximum Gasteiger partial charge on any atom is 0.137 e. The van der Waals surface area contributed by atoms with Crippen LogP contribution < -0.4 is 4.74 Å². The average Bonchev–Trinajstić information content (AvgIpc) is 2.50. The zero-order valence-electron chi connectivity index (χ0n) is 11.4. The van der Waals surface area contributed by atoms with Crippen LogP contribution in [0.2, 0.25) is 0 Å². The quantitative estimate of drug-likeness (QED) is 0.913. The molecule has 0 aromatic heterocycles. The van der Waals surface area contributed by atoms with Crippen molar-refractivity contribution in [1.29, 1.82) is 0 Å². The summed E-state index contributed by atoms with van der Waals surface area (Å²) in [6, 6.07) is 12.8. The number of benzene rings is 2. The molecule has 21 heavy (non-hydrogen) atoms. The van der Waals surface area contributed by atoms with Gasteiger partial charge in [0.05, 0.1) is 17.2 Å². The Labute approximate surface area is 131 Å². The van der Waals surface area contributed by atoms with Crippen molar-refractivity contribution in [2.45, 2.75) is 18.9 Å². The highest BCUT2D eigenvalue weighted by molar-refractivity contribution is 9.10. The Balaban J connectivity index is 1.69. The number of halogens is 2. The summed E-state index contributed by atoms with van der Waals surface area (Å²) in [7, 11) is 0. The Morgan fingerprint density at radius 2 is 2.10 bits per heavy atom. The van der Waals surface area contributed by atoms with Crippen LogP contribution in [0.1, 0.15) is 11.1 Å². The van der Waals surface area contributed by atoms with E-state index in [0.717, 1.165) is 23.3 Å². The third-order valence-corrected chi connectivity index (χ3v) is 4.49. The smallest absolute Gasteiger partial charge is 0.137 e. The Bertz CT molecular complexity index is 644. The fourth-order valence-electron chi connectivity index (χ4n) is 2.67. The van der Waals surface area contributed by atoms with Crippen molar-refractivity contribution in [1.82, 2.24) is 0 Å². The molecule has 0 radical (unpaired) electrons. The van der Waals surface area contributed by atoms with Gasteiger partial charge in [0.15, 0.2) is 0 Å². The van der Waals surface area contributed by atoms with Crippen molar-refractivity contribution in [3.63, 3.8) is 0 Å². The first-order valence-electron chi connectivity index (χ1n) is 6.96. The number of fused-ring (bicyclic) bond motifs is 1. The maximum absolute atomic E-state index is 13.2. The van der Waals surface area contributed by atoms with Gasteiger partial charge in [-0.25, -0.2) is 4.39 Å². The summed E-state index contributed by atoms with van der Waals surface area (Å²) in [4.78, 5) is 0. The van der Waals surface area contributed by atoms with Crippen LogP contribution >= 0.6 is 15.9 Å². The Morgan fingerprint density at radius 3 is 2.90 bits per heavy atom. The van der Waals surface area contributed by atoms with E-state index in [9.17, 15) is 9.50 Å². The van der Waals surface area contributed by atoms with Crippen molar-refractivity contribution in [3.8, 4) is 5.75 Å². The average molecular weight is 351 g/mol. The molecule has 1 N–H and O–H groups in total. The molecule has 2 unspecified atom stereocenters. The summed E-state index contributed by atoms with van der Waals surface area (Å²) < 4.78 is 19.4. The van der Waals surface area contributed by atoms with Gasteiger partial charge in [-0.1, -0.05) is 24.3 Å². The third-order valence-electron chi connectivity index (χ3n) is 3.88. The van der Waals surface area contributed by atoms with Crippen LogP contribution in [0.5, 0.6) is 5.75 Å². The summed E-state index contributed by atoms with van der Waals surface area (Å²) in [6.45, 7) is 0.514. The molecule has 2 atom stereocenters. The van der Waals surface area contributed by atoms with Gasteiger partial charge in [-0.05, 0) is 58.1 Å². The maximum atomic E-state index is 13.2. The molecular formula is C17H16BrFO2.